The second kappa shape index (κ2) is 7.13. The van der Waals surface area contributed by atoms with Crippen LogP contribution in [0.25, 0.3) is 0 Å². The molecule has 2 aliphatic rings. The van der Waals surface area contributed by atoms with Gasteiger partial charge in [0.05, 0.1) is 18.6 Å². The smallest absolute Gasteiger partial charge is 0.357 e. The van der Waals surface area contributed by atoms with E-state index in [1.807, 2.05) is 18.2 Å². The van der Waals surface area contributed by atoms with Gasteiger partial charge in [-0.2, -0.15) is 0 Å². The van der Waals surface area contributed by atoms with Crippen LogP contribution in [0.3, 0.4) is 0 Å². The zero-order chi connectivity index (χ0) is 16.2. The first kappa shape index (κ1) is 16.0. The Labute approximate surface area is 136 Å². The van der Waals surface area contributed by atoms with Gasteiger partial charge in [0.25, 0.3) is 0 Å². The lowest BCUT2D eigenvalue weighted by atomic mass is 9.72. The molecule has 3 rings (SSSR count). The molecule has 5 heteroatoms. The summed E-state index contributed by atoms with van der Waals surface area (Å²) < 4.78 is 4.96. The number of benzene rings is 1. The monoisotopic (exact) mass is 317 g/mol. The van der Waals surface area contributed by atoms with Crippen LogP contribution < -0.4 is 0 Å². The van der Waals surface area contributed by atoms with Crippen molar-refractivity contribution < 1.29 is 19.2 Å². The highest BCUT2D eigenvalue weighted by atomic mass is 16.7. The zero-order valence-corrected chi connectivity index (χ0v) is 13.4. The van der Waals surface area contributed by atoms with Gasteiger partial charge in [-0.1, -0.05) is 24.6 Å². The van der Waals surface area contributed by atoms with E-state index in [1.54, 1.807) is 17.2 Å². The maximum Gasteiger partial charge on any atom is 0.357 e. The van der Waals surface area contributed by atoms with Gasteiger partial charge in [-0.3, -0.25) is 4.79 Å². The lowest BCUT2D eigenvalue weighted by molar-refractivity contribution is -0.186. The maximum atomic E-state index is 12.3. The number of rotatable bonds is 3. The van der Waals surface area contributed by atoms with Crippen molar-refractivity contribution in [2.24, 2.45) is 11.8 Å². The third kappa shape index (κ3) is 3.39. The van der Waals surface area contributed by atoms with E-state index < -0.39 is 0 Å². The Balaban J connectivity index is 1.71. The number of nitrogens with zero attached hydrogens (tertiary/aromatic N) is 1. The lowest BCUT2D eigenvalue weighted by Gasteiger charge is -2.45. The summed E-state index contributed by atoms with van der Waals surface area (Å²) in [7, 11) is 1.45. The summed E-state index contributed by atoms with van der Waals surface area (Å²) >= 11 is 0. The molecule has 3 atom stereocenters. The summed E-state index contributed by atoms with van der Waals surface area (Å²) in [6.07, 6.45) is 4.70. The first-order valence-electron chi connectivity index (χ1n) is 8.32. The van der Waals surface area contributed by atoms with Crippen molar-refractivity contribution >= 4 is 11.9 Å². The third-order valence-corrected chi connectivity index (χ3v) is 5.03. The molecule has 0 amide bonds. The SMILES string of the molecule is COC(=O)C1CCCC2C1CCCN2OC(=O)c1ccccc1. The molecule has 3 unspecified atom stereocenters. The maximum absolute atomic E-state index is 12.3. The lowest BCUT2D eigenvalue weighted by Crippen LogP contribution is -2.51. The fourth-order valence-corrected chi connectivity index (χ4v) is 3.93. The Bertz CT molecular complexity index is 559. The second-order valence-electron chi connectivity index (χ2n) is 6.32. The van der Waals surface area contributed by atoms with Crippen LogP contribution in [0.4, 0.5) is 0 Å². The van der Waals surface area contributed by atoms with E-state index in [2.05, 4.69) is 0 Å². The molecule has 0 spiro atoms. The Kier molecular flexibility index (Phi) is 4.96. The predicted molar refractivity (Wildman–Crippen MR) is 84.4 cm³/mol. The van der Waals surface area contributed by atoms with Crippen LogP contribution >= 0.6 is 0 Å². The molecule has 1 saturated heterocycles. The third-order valence-electron chi connectivity index (χ3n) is 5.03. The van der Waals surface area contributed by atoms with Crippen LogP contribution in [0.2, 0.25) is 0 Å². The summed E-state index contributed by atoms with van der Waals surface area (Å²) in [5.41, 5.74) is 0.551. The van der Waals surface area contributed by atoms with E-state index in [-0.39, 0.29) is 29.8 Å². The largest absolute Gasteiger partial charge is 0.469 e. The van der Waals surface area contributed by atoms with Crippen molar-refractivity contribution in [2.75, 3.05) is 13.7 Å². The minimum absolute atomic E-state index is 0.0722. The van der Waals surface area contributed by atoms with E-state index in [4.69, 9.17) is 9.57 Å². The standard InChI is InChI=1S/C18H23NO4/c1-22-18(21)15-9-5-11-16-14(15)10-6-12-19(16)23-17(20)13-7-3-2-4-8-13/h2-4,7-8,14-16H,5-6,9-12H2,1H3. The van der Waals surface area contributed by atoms with Crippen molar-refractivity contribution in [3.63, 3.8) is 0 Å². The minimum Gasteiger partial charge on any atom is -0.469 e. The summed E-state index contributed by atoms with van der Waals surface area (Å²) in [5.74, 6) is -0.312. The number of hydroxylamine groups is 2. The van der Waals surface area contributed by atoms with E-state index in [9.17, 15) is 9.59 Å². The number of fused-ring (bicyclic) bond motifs is 1. The molecule has 0 N–H and O–H groups in total. The Hall–Kier alpha value is -1.88. The predicted octanol–water partition coefficient (Wildman–Crippen LogP) is 2.81. The van der Waals surface area contributed by atoms with Gasteiger partial charge in [0, 0.05) is 12.6 Å². The Morgan fingerprint density at radius 1 is 1.09 bits per heavy atom. The number of hydrogen-bond acceptors (Lipinski definition) is 5. The van der Waals surface area contributed by atoms with E-state index >= 15 is 0 Å². The molecule has 0 bridgehead atoms. The molecular weight excluding hydrogens is 294 g/mol. The molecule has 2 fully saturated rings. The van der Waals surface area contributed by atoms with Crippen molar-refractivity contribution in [3.05, 3.63) is 35.9 Å². The molecule has 124 valence electrons. The quantitative estimate of drug-likeness (QED) is 0.802. The Morgan fingerprint density at radius 2 is 1.87 bits per heavy atom. The topological polar surface area (TPSA) is 55.8 Å². The molecule has 1 aliphatic heterocycles. The Morgan fingerprint density at radius 3 is 2.61 bits per heavy atom. The molecule has 1 aliphatic carbocycles. The minimum atomic E-state index is -0.327. The number of carbonyl (C=O) groups excluding carboxylic acids is 2. The zero-order valence-electron chi connectivity index (χ0n) is 13.4. The van der Waals surface area contributed by atoms with Crippen molar-refractivity contribution in [1.29, 1.82) is 0 Å². The number of esters is 1. The molecular formula is C18H23NO4. The molecule has 1 saturated carbocycles. The van der Waals surface area contributed by atoms with Crippen LogP contribution in [0.15, 0.2) is 30.3 Å². The van der Waals surface area contributed by atoms with Crippen LogP contribution in [-0.4, -0.2) is 36.7 Å². The van der Waals surface area contributed by atoms with Crippen molar-refractivity contribution in [1.82, 2.24) is 5.06 Å². The van der Waals surface area contributed by atoms with Gasteiger partial charge in [-0.25, -0.2) is 4.79 Å². The van der Waals surface area contributed by atoms with Crippen LogP contribution in [0.1, 0.15) is 42.5 Å². The molecule has 1 aromatic rings. The molecule has 23 heavy (non-hydrogen) atoms. The van der Waals surface area contributed by atoms with Gasteiger partial charge in [0.2, 0.25) is 0 Å². The van der Waals surface area contributed by atoms with Gasteiger partial charge in [0.15, 0.2) is 0 Å². The van der Waals surface area contributed by atoms with Gasteiger partial charge in [-0.05, 0) is 43.7 Å². The molecule has 0 aromatic heterocycles. The number of piperidine rings is 1. The van der Waals surface area contributed by atoms with Crippen LogP contribution in [0, 0.1) is 11.8 Å². The van der Waals surface area contributed by atoms with Gasteiger partial charge in [0.1, 0.15) is 0 Å². The first-order valence-corrected chi connectivity index (χ1v) is 8.32. The van der Waals surface area contributed by atoms with E-state index in [1.165, 1.54) is 7.11 Å². The fraction of sp³-hybridized carbons (Fsp3) is 0.556. The molecule has 1 aromatic carbocycles. The molecule has 0 radical (unpaired) electrons. The first-order chi connectivity index (χ1) is 11.2. The highest BCUT2D eigenvalue weighted by Crippen LogP contribution is 2.40. The number of ether oxygens (including phenoxy) is 1. The van der Waals surface area contributed by atoms with Gasteiger partial charge >= 0.3 is 11.9 Å². The summed E-state index contributed by atoms with van der Waals surface area (Å²) in [5, 5.41) is 1.80. The van der Waals surface area contributed by atoms with Gasteiger partial charge in [-0.15, -0.1) is 5.06 Å². The summed E-state index contributed by atoms with van der Waals surface area (Å²) in [4.78, 5) is 30.0. The summed E-state index contributed by atoms with van der Waals surface area (Å²) in [6.45, 7) is 0.730. The highest BCUT2D eigenvalue weighted by molar-refractivity contribution is 5.89. The summed E-state index contributed by atoms with van der Waals surface area (Å²) in [6, 6.07) is 9.14. The van der Waals surface area contributed by atoms with Crippen LogP contribution in [-0.2, 0) is 14.4 Å². The number of hydrogen-bond donors (Lipinski definition) is 0. The van der Waals surface area contributed by atoms with E-state index in [0.29, 0.717) is 5.56 Å². The van der Waals surface area contributed by atoms with E-state index in [0.717, 1.165) is 38.6 Å². The average Bonchev–Trinajstić information content (AvgIpc) is 2.61. The second-order valence-corrected chi connectivity index (χ2v) is 6.32. The molecule has 5 nitrogen and oxygen atoms in total. The fourth-order valence-electron chi connectivity index (χ4n) is 3.93. The van der Waals surface area contributed by atoms with Crippen LogP contribution in [0.5, 0.6) is 0 Å². The van der Waals surface area contributed by atoms with Crippen molar-refractivity contribution in [2.45, 2.75) is 38.1 Å². The number of methoxy groups -OCH3 is 1. The normalized spacial score (nSPS) is 27.8. The van der Waals surface area contributed by atoms with Crippen molar-refractivity contribution in [3.8, 4) is 0 Å². The van der Waals surface area contributed by atoms with Gasteiger partial charge < -0.3 is 9.57 Å². The highest BCUT2D eigenvalue weighted by Gasteiger charge is 2.44. The molecule has 1 heterocycles. The average molecular weight is 317 g/mol. The number of carbonyl (C=O) groups is 2.